The van der Waals surface area contributed by atoms with Crippen LogP contribution in [0.5, 0.6) is 11.5 Å². The van der Waals surface area contributed by atoms with Crippen LogP contribution >= 0.6 is 0 Å². The molecule has 0 atom stereocenters. The lowest BCUT2D eigenvalue weighted by molar-refractivity contribution is 0.235. The number of tetrazole rings is 1. The minimum Gasteiger partial charge on any atom is -0.494 e. The molecule has 0 aliphatic carbocycles. The van der Waals surface area contributed by atoms with Crippen molar-refractivity contribution >= 4 is 11.7 Å². The molecule has 0 aliphatic heterocycles. The highest BCUT2D eigenvalue weighted by molar-refractivity contribution is 5.95. The van der Waals surface area contributed by atoms with E-state index in [4.69, 9.17) is 9.47 Å². The summed E-state index contributed by atoms with van der Waals surface area (Å²) in [7, 11) is 1.34. The number of ether oxygens (including phenoxy) is 2. The van der Waals surface area contributed by atoms with Crippen LogP contribution in [0.25, 0.3) is 5.69 Å². The van der Waals surface area contributed by atoms with Crippen molar-refractivity contribution in [3.8, 4) is 17.2 Å². The third-order valence-corrected chi connectivity index (χ3v) is 4.60. The summed E-state index contributed by atoms with van der Waals surface area (Å²) >= 11 is 0. The lowest BCUT2D eigenvalue weighted by Crippen LogP contribution is -2.45. The number of hydrogen-bond acceptors (Lipinski definition) is 6. The van der Waals surface area contributed by atoms with E-state index in [1.54, 1.807) is 26.0 Å². The normalized spacial score (nSPS) is 11.2. The number of methoxy groups -OCH3 is 1. The molecule has 0 unspecified atom stereocenters. The number of halogens is 1. The number of anilines is 1. The van der Waals surface area contributed by atoms with E-state index in [1.807, 2.05) is 26.8 Å². The van der Waals surface area contributed by atoms with E-state index in [0.29, 0.717) is 20.8 Å². The number of aromatic nitrogens is 4. The molecule has 0 aliphatic rings. The molecule has 0 saturated carbocycles. The van der Waals surface area contributed by atoms with Gasteiger partial charge in [0.25, 0.3) is 0 Å². The quantitative estimate of drug-likeness (QED) is 0.541. The fraction of sp³-hybridized carbons (Fsp3) is 0.364. The van der Waals surface area contributed by atoms with E-state index >= 15 is 0 Å². The molecule has 1 amide bonds. The van der Waals surface area contributed by atoms with Gasteiger partial charge in [-0.1, -0.05) is 12.1 Å². The number of benzene rings is 2. The van der Waals surface area contributed by atoms with Crippen molar-refractivity contribution in [2.24, 2.45) is 0 Å². The molecule has 0 saturated heterocycles. The molecule has 0 fully saturated rings. The van der Waals surface area contributed by atoms with E-state index in [1.165, 1.54) is 24.1 Å². The largest absolute Gasteiger partial charge is 0.494 e. The van der Waals surface area contributed by atoms with Gasteiger partial charge in [0.2, 0.25) is 0 Å². The van der Waals surface area contributed by atoms with Crippen molar-refractivity contribution in [2.45, 2.75) is 46.8 Å². The fourth-order valence-corrected chi connectivity index (χ4v) is 3.25. The molecule has 0 N–H and O–H groups in total. The van der Waals surface area contributed by atoms with Gasteiger partial charge in [-0.15, -0.1) is 4.68 Å². The van der Waals surface area contributed by atoms with Gasteiger partial charge in [-0.25, -0.2) is 14.0 Å². The zero-order chi connectivity index (χ0) is 23.6. The number of hydrogen-bond donors (Lipinski definition) is 0. The number of amides is 1. The van der Waals surface area contributed by atoms with Crippen molar-refractivity contribution < 1.29 is 18.7 Å². The fourth-order valence-electron chi connectivity index (χ4n) is 3.25. The summed E-state index contributed by atoms with van der Waals surface area (Å²) in [5.74, 6) is -0.166. The second kappa shape index (κ2) is 9.21. The van der Waals surface area contributed by atoms with E-state index in [9.17, 15) is 14.0 Å². The Kier molecular flexibility index (Phi) is 6.61. The SMILES string of the molecule is COc1cccc(F)c1-n1nnn(C(=O)N(c2cc(C)ccc2OC(C)C)C(C)C)c1=O. The van der Waals surface area contributed by atoms with E-state index in [2.05, 4.69) is 10.4 Å². The molecule has 1 heterocycles. The van der Waals surface area contributed by atoms with Crippen LogP contribution in [0.4, 0.5) is 14.9 Å². The van der Waals surface area contributed by atoms with Gasteiger partial charge in [0.1, 0.15) is 17.2 Å². The molecule has 0 bridgehead atoms. The summed E-state index contributed by atoms with van der Waals surface area (Å²) in [6.07, 6.45) is -0.127. The van der Waals surface area contributed by atoms with Crippen LogP contribution in [0.15, 0.2) is 41.2 Å². The number of para-hydroxylation sites is 1. The maximum absolute atomic E-state index is 14.5. The summed E-state index contributed by atoms with van der Waals surface area (Å²) in [6, 6.07) is 8.43. The first-order valence-corrected chi connectivity index (χ1v) is 10.1. The van der Waals surface area contributed by atoms with Gasteiger partial charge >= 0.3 is 11.7 Å². The molecule has 0 spiro atoms. The van der Waals surface area contributed by atoms with Crippen LogP contribution < -0.4 is 20.1 Å². The predicted molar refractivity (Wildman–Crippen MR) is 117 cm³/mol. The Hall–Kier alpha value is -3.69. The Bertz CT molecular complexity index is 1190. The van der Waals surface area contributed by atoms with Crippen LogP contribution in [0.1, 0.15) is 33.3 Å². The smallest absolute Gasteiger partial charge is 0.377 e. The number of nitrogens with zero attached hydrogens (tertiary/aromatic N) is 5. The lowest BCUT2D eigenvalue weighted by Gasteiger charge is -2.28. The number of aryl methyl sites for hydroxylation is 1. The second-order valence-corrected chi connectivity index (χ2v) is 7.76. The average Bonchev–Trinajstić information content (AvgIpc) is 3.10. The summed E-state index contributed by atoms with van der Waals surface area (Å²) in [5.41, 5.74) is 0.239. The first kappa shape index (κ1) is 23.0. The van der Waals surface area contributed by atoms with Crippen LogP contribution in [0, 0.1) is 12.7 Å². The number of carbonyl (C=O) groups excluding carboxylic acids is 1. The number of rotatable bonds is 6. The molecular formula is C22H26FN5O4. The van der Waals surface area contributed by atoms with E-state index in [-0.39, 0.29) is 23.6 Å². The molecule has 2 aromatic carbocycles. The minimum atomic E-state index is -0.928. The first-order chi connectivity index (χ1) is 15.1. The lowest BCUT2D eigenvalue weighted by atomic mass is 10.1. The Labute approximate surface area is 184 Å². The standard InChI is InChI=1S/C22H26FN5O4/c1-13(2)26(17-12-15(5)10-11-18(17)32-14(3)4)21(29)28-22(30)27(24-25-28)20-16(23)8-7-9-19(20)31-6/h7-14H,1-6H3. The highest BCUT2D eigenvalue weighted by Gasteiger charge is 2.29. The van der Waals surface area contributed by atoms with E-state index < -0.39 is 17.5 Å². The first-order valence-electron chi connectivity index (χ1n) is 10.1. The highest BCUT2D eigenvalue weighted by Crippen LogP contribution is 2.32. The third-order valence-electron chi connectivity index (χ3n) is 4.60. The second-order valence-electron chi connectivity index (χ2n) is 7.76. The summed E-state index contributed by atoms with van der Waals surface area (Å²) in [5, 5.41) is 7.43. The Morgan fingerprint density at radius 3 is 2.44 bits per heavy atom. The molecule has 3 rings (SSSR count). The zero-order valence-corrected chi connectivity index (χ0v) is 18.9. The maximum atomic E-state index is 14.5. The maximum Gasteiger partial charge on any atom is 0.377 e. The Morgan fingerprint density at radius 2 is 1.81 bits per heavy atom. The van der Waals surface area contributed by atoms with Crippen molar-refractivity contribution in [1.29, 1.82) is 0 Å². The van der Waals surface area contributed by atoms with Crippen LogP contribution in [-0.2, 0) is 0 Å². The molecule has 3 aromatic rings. The Balaban J connectivity index is 2.11. The van der Waals surface area contributed by atoms with Gasteiger partial charge in [0.15, 0.2) is 5.82 Å². The summed E-state index contributed by atoms with van der Waals surface area (Å²) in [6.45, 7) is 9.24. The van der Waals surface area contributed by atoms with Crippen LogP contribution in [0.3, 0.4) is 0 Å². The van der Waals surface area contributed by atoms with Crippen molar-refractivity contribution in [3.63, 3.8) is 0 Å². The van der Waals surface area contributed by atoms with Crippen LogP contribution in [0.2, 0.25) is 0 Å². The van der Waals surface area contributed by atoms with Gasteiger partial charge in [0, 0.05) is 6.04 Å². The van der Waals surface area contributed by atoms with Crippen molar-refractivity contribution in [3.05, 3.63) is 58.3 Å². The number of carbonyl (C=O) groups is 1. The topological polar surface area (TPSA) is 91.5 Å². The van der Waals surface area contributed by atoms with Gasteiger partial charge in [-0.05, 0) is 74.9 Å². The molecule has 10 heteroatoms. The molecule has 32 heavy (non-hydrogen) atoms. The summed E-state index contributed by atoms with van der Waals surface area (Å²) < 4.78 is 26.8. The average molecular weight is 443 g/mol. The molecule has 1 aromatic heterocycles. The van der Waals surface area contributed by atoms with Crippen LogP contribution in [-0.4, -0.2) is 45.1 Å². The zero-order valence-electron chi connectivity index (χ0n) is 18.9. The van der Waals surface area contributed by atoms with Crippen molar-refractivity contribution in [2.75, 3.05) is 12.0 Å². The molecule has 9 nitrogen and oxygen atoms in total. The third kappa shape index (κ3) is 4.34. The van der Waals surface area contributed by atoms with Gasteiger partial charge in [0.05, 0.1) is 18.9 Å². The van der Waals surface area contributed by atoms with Crippen molar-refractivity contribution in [1.82, 2.24) is 19.8 Å². The van der Waals surface area contributed by atoms with Gasteiger partial charge < -0.3 is 9.47 Å². The Morgan fingerprint density at radius 1 is 1.09 bits per heavy atom. The summed E-state index contributed by atoms with van der Waals surface area (Å²) in [4.78, 5) is 27.8. The monoisotopic (exact) mass is 443 g/mol. The molecule has 170 valence electrons. The molecule has 0 radical (unpaired) electrons. The van der Waals surface area contributed by atoms with Gasteiger partial charge in [-0.3, -0.25) is 4.90 Å². The van der Waals surface area contributed by atoms with E-state index in [0.717, 1.165) is 11.6 Å². The highest BCUT2D eigenvalue weighted by atomic mass is 19.1. The van der Waals surface area contributed by atoms with Gasteiger partial charge in [-0.2, -0.15) is 4.68 Å². The predicted octanol–water partition coefficient (Wildman–Crippen LogP) is 3.56. The molecular weight excluding hydrogens is 417 g/mol. The minimum absolute atomic E-state index is 0.0821.